The van der Waals surface area contributed by atoms with Gasteiger partial charge in [0, 0.05) is 37.8 Å². The summed E-state index contributed by atoms with van der Waals surface area (Å²) in [6, 6.07) is 8.28. The first-order valence-electron chi connectivity index (χ1n) is 6.66. The molecule has 2 unspecified atom stereocenters. The molecule has 4 nitrogen and oxygen atoms in total. The molecule has 4 heteroatoms. The van der Waals surface area contributed by atoms with Gasteiger partial charge in [0.25, 0.3) is 0 Å². The second-order valence-electron chi connectivity index (χ2n) is 5.21. The Labute approximate surface area is 113 Å². The van der Waals surface area contributed by atoms with E-state index in [2.05, 4.69) is 17.1 Å². The minimum Gasteiger partial charge on any atom is -0.493 e. The Morgan fingerprint density at radius 3 is 3.11 bits per heavy atom. The van der Waals surface area contributed by atoms with Gasteiger partial charge in [0.1, 0.15) is 11.6 Å². The number of aryl methyl sites for hydroxylation is 1. The Morgan fingerprint density at radius 2 is 2.32 bits per heavy atom. The van der Waals surface area contributed by atoms with Crippen molar-refractivity contribution >= 4 is 0 Å². The molecule has 1 aromatic carbocycles. The highest BCUT2D eigenvalue weighted by Gasteiger charge is 2.25. The number of benzene rings is 1. The third kappa shape index (κ3) is 2.49. The fraction of sp³-hybridized carbons (Fsp3) is 0.400. The zero-order valence-corrected chi connectivity index (χ0v) is 11.1. The Kier molecular flexibility index (Phi) is 3.25. The molecule has 1 aliphatic rings. The van der Waals surface area contributed by atoms with Gasteiger partial charge < -0.3 is 15.0 Å². The summed E-state index contributed by atoms with van der Waals surface area (Å²) >= 11 is 0. The van der Waals surface area contributed by atoms with Gasteiger partial charge in [0.05, 0.1) is 6.61 Å². The average Bonchev–Trinajstić information content (AvgIpc) is 2.84. The molecule has 0 saturated heterocycles. The van der Waals surface area contributed by atoms with Crippen LogP contribution in [0.1, 0.15) is 11.4 Å². The first-order valence-corrected chi connectivity index (χ1v) is 6.66. The third-order valence-electron chi connectivity index (χ3n) is 3.85. The van der Waals surface area contributed by atoms with Crippen molar-refractivity contribution < 1.29 is 4.74 Å². The maximum absolute atomic E-state index is 6.33. The largest absolute Gasteiger partial charge is 0.493 e. The Bertz CT molecular complexity index is 564. The van der Waals surface area contributed by atoms with Crippen LogP contribution >= 0.6 is 0 Å². The molecule has 0 spiro atoms. The molecule has 0 fully saturated rings. The summed E-state index contributed by atoms with van der Waals surface area (Å²) in [5.41, 5.74) is 7.59. The standard InChI is InChI=1S/C15H19N3O/c1-18-7-6-17-15(18)9-13(16)12-8-11-4-2-3-5-14(11)19-10-12/h2-7,12-13H,8-10,16H2,1H3. The van der Waals surface area contributed by atoms with E-state index in [0.29, 0.717) is 12.5 Å². The average molecular weight is 257 g/mol. The van der Waals surface area contributed by atoms with Crippen molar-refractivity contribution in [3.8, 4) is 5.75 Å². The maximum atomic E-state index is 6.33. The third-order valence-corrected chi connectivity index (χ3v) is 3.85. The van der Waals surface area contributed by atoms with Gasteiger partial charge in [-0.3, -0.25) is 0 Å². The van der Waals surface area contributed by atoms with Gasteiger partial charge in [-0.1, -0.05) is 18.2 Å². The molecule has 100 valence electrons. The minimum absolute atomic E-state index is 0.0782. The summed E-state index contributed by atoms with van der Waals surface area (Å²) in [5.74, 6) is 2.39. The van der Waals surface area contributed by atoms with Crippen molar-refractivity contribution in [3.63, 3.8) is 0 Å². The molecular weight excluding hydrogens is 238 g/mol. The van der Waals surface area contributed by atoms with Crippen LogP contribution < -0.4 is 10.5 Å². The minimum atomic E-state index is 0.0782. The summed E-state index contributed by atoms with van der Waals surface area (Å²) in [7, 11) is 2.00. The number of para-hydroxylation sites is 1. The van der Waals surface area contributed by atoms with Crippen LogP contribution in [0, 0.1) is 5.92 Å². The van der Waals surface area contributed by atoms with Gasteiger partial charge in [0.2, 0.25) is 0 Å². The number of aromatic nitrogens is 2. The molecule has 0 radical (unpaired) electrons. The first-order chi connectivity index (χ1) is 9.24. The van der Waals surface area contributed by atoms with Gasteiger partial charge in [-0.05, 0) is 18.1 Å². The molecular formula is C15H19N3O. The van der Waals surface area contributed by atoms with Gasteiger partial charge in [-0.15, -0.1) is 0 Å². The molecule has 2 N–H and O–H groups in total. The Balaban J connectivity index is 1.69. The monoisotopic (exact) mass is 257 g/mol. The van der Waals surface area contributed by atoms with Crippen molar-refractivity contribution in [2.24, 2.45) is 18.7 Å². The normalized spacial score (nSPS) is 19.6. The van der Waals surface area contributed by atoms with Crippen molar-refractivity contribution in [3.05, 3.63) is 48.0 Å². The number of nitrogens with zero attached hydrogens (tertiary/aromatic N) is 2. The highest BCUT2D eigenvalue weighted by atomic mass is 16.5. The number of hydrogen-bond donors (Lipinski definition) is 1. The van der Waals surface area contributed by atoms with Crippen LogP contribution in [0.2, 0.25) is 0 Å². The molecule has 2 heterocycles. The van der Waals surface area contributed by atoms with Crippen LogP contribution in [0.25, 0.3) is 0 Å². The molecule has 2 aromatic rings. The SMILES string of the molecule is Cn1ccnc1CC(N)C1COc2ccccc2C1. The fourth-order valence-corrected chi connectivity index (χ4v) is 2.60. The topological polar surface area (TPSA) is 53.1 Å². The fourth-order valence-electron chi connectivity index (χ4n) is 2.60. The maximum Gasteiger partial charge on any atom is 0.122 e. The number of hydrogen-bond acceptors (Lipinski definition) is 3. The lowest BCUT2D eigenvalue weighted by Gasteiger charge is -2.29. The lowest BCUT2D eigenvalue weighted by molar-refractivity contribution is 0.197. The predicted molar refractivity (Wildman–Crippen MR) is 74.0 cm³/mol. The molecule has 1 aliphatic heterocycles. The smallest absolute Gasteiger partial charge is 0.122 e. The van der Waals surface area contributed by atoms with Crippen LogP contribution in [-0.4, -0.2) is 22.2 Å². The molecule has 19 heavy (non-hydrogen) atoms. The molecule has 0 bridgehead atoms. The van der Waals surface area contributed by atoms with E-state index in [1.807, 2.05) is 36.1 Å². The second kappa shape index (κ2) is 5.05. The lowest BCUT2D eigenvalue weighted by Crippen LogP contribution is -2.39. The quantitative estimate of drug-likeness (QED) is 0.907. The van der Waals surface area contributed by atoms with E-state index in [9.17, 15) is 0 Å². The van der Waals surface area contributed by atoms with Crippen molar-refractivity contribution in [1.82, 2.24) is 9.55 Å². The van der Waals surface area contributed by atoms with E-state index in [4.69, 9.17) is 10.5 Å². The Hall–Kier alpha value is -1.81. The summed E-state index contributed by atoms with van der Waals surface area (Å²) in [4.78, 5) is 4.34. The van der Waals surface area contributed by atoms with Crippen molar-refractivity contribution in [1.29, 1.82) is 0 Å². The van der Waals surface area contributed by atoms with Crippen molar-refractivity contribution in [2.45, 2.75) is 18.9 Å². The van der Waals surface area contributed by atoms with Crippen LogP contribution in [0.4, 0.5) is 0 Å². The number of fused-ring (bicyclic) bond motifs is 1. The predicted octanol–water partition coefficient (Wildman–Crippen LogP) is 1.54. The van der Waals surface area contributed by atoms with Crippen LogP contribution in [-0.2, 0) is 19.9 Å². The van der Waals surface area contributed by atoms with Gasteiger partial charge >= 0.3 is 0 Å². The van der Waals surface area contributed by atoms with Crippen molar-refractivity contribution in [2.75, 3.05) is 6.61 Å². The summed E-state index contributed by atoms with van der Waals surface area (Å²) in [6.07, 6.45) is 5.55. The molecule has 0 aliphatic carbocycles. The van der Waals surface area contributed by atoms with Gasteiger partial charge in [-0.2, -0.15) is 0 Å². The zero-order valence-electron chi connectivity index (χ0n) is 11.1. The second-order valence-corrected chi connectivity index (χ2v) is 5.21. The highest BCUT2D eigenvalue weighted by molar-refractivity contribution is 5.35. The van der Waals surface area contributed by atoms with Gasteiger partial charge in [0.15, 0.2) is 0 Å². The van der Waals surface area contributed by atoms with Crippen LogP contribution in [0.3, 0.4) is 0 Å². The molecule has 3 rings (SSSR count). The molecule has 0 amide bonds. The number of ether oxygens (including phenoxy) is 1. The van der Waals surface area contributed by atoms with E-state index in [-0.39, 0.29) is 6.04 Å². The number of imidazole rings is 1. The van der Waals surface area contributed by atoms with E-state index in [0.717, 1.165) is 24.4 Å². The summed E-state index contributed by atoms with van der Waals surface area (Å²) in [6.45, 7) is 0.697. The molecule has 0 saturated carbocycles. The van der Waals surface area contributed by atoms with E-state index < -0.39 is 0 Å². The first kappa shape index (κ1) is 12.2. The number of nitrogens with two attached hydrogens (primary N) is 1. The van der Waals surface area contributed by atoms with E-state index in [1.165, 1.54) is 5.56 Å². The highest BCUT2D eigenvalue weighted by Crippen LogP contribution is 2.28. The van der Waals surface area contributed by atoms with Crippen LogP contribution in [0.5, 0.6) is 5.75 Å². The zero-order chi connectivity index (χ0) is 13.2. The molecule has 1 aromatic heterocycles. The van der Waals surface area contributed by atoms with Crippen LogP contribution in [0.15, 0.2) is 36.7 Å². The lowest BCUT2D eigenvalue weighted by atomic mass is 9.89. The van der Waals surface area contributed by atoms with E-state index >= 15 is 0 Å². The molecule has 2 atom stereocenters. The van der Waals surface area contributed by atoms with Gasteiger partial charge in [-0.25, -0.2) is 4.98 Å². The Morgan fingerprint density at radius 1 is 1.47 bits per heavy atom. The summed E-state index contributed by atoms with van der Waals surface area (Å²) in [5, 5.41) is 0. The summed E-state index contributed by atoms with van der Waals surface area (Å²) < 4.78 is 7.82. The number of rotatable bonds is 3. The van der Waals surface area contributed by atoms with E-state index in [1.54, 1.807) is 0 Å².